The van der Waals surface area contributed by atoms with Crippen LogP contribution in [0, 0.1) is 0 Å². The highest BCUT2D eigenvalue weighted by molar-refractivity contribution is 7.90. The zero-order valence-electron chi connectivity index (χ0n) is 15.4. The van der Waals surface area contributed by atoms with E-state index in [1.807, 2.05) is 54.6 Å². The summed E-state index contributed by atoms with van der Waals surface area (Å²) in [5.41, 5.74) is 2.35. The van der Waals surface area contributed by atoms with Gasteiger partial charge in [-0.3, -0.25) is 4.79 Å². The van der Waals surface area contributed by atoms with E-state index in [0.29, 0.717) is 12.2 Å². The van der Waals surface area contributed by atoms with Gasteiger partial charge >= 0.3 is 0 Å². The van der Waals surface area contributed by atoms with Gasteiger partial charge < -0.3 is 4.74 Å². The highest BCUT2D eigenvalue weighted by Crippen LogP contribution is 2.17. The number of benzene rings is 3. The number of sulfone groups is 1. The van der Waals surface area contributed by atoms with E-state index < -0.39 is 9.84 Å². The Morgan fingerprint density at radius 2 is 1.64 bits per heavy atom. The Morgan fingerprint density at radius 1 is 0.929 bits per heavy atom. The summed E-state index contributed by atoms with van der Waals surface area (Å²) >= 11 is 0. The quantitative estimate of drug-likeness (QED) is 0.437. The molecule has 0 saturated heterocycles. The second-order valence-corrected chi connectivity index (χ2v) is 8.36. The Kier molecular flexibility index (Phi) is 6.06. The van der Waals surface area contributed by atoms with Gasteiger partial charge in [-0.05, 0) is 53.6 Å². The van der Waals surface area contributed by atoms with E-state index in [9.17, 15) is 13.2 Å². The first kappa shape index (κ1) is 19.6. The molecule has 0 heterocycles. The maximum absolute atomic E-state index is 12.3. The summed E-state index contributed by atoms with van der Waals surface area (Å²) in [4.78, 5) is 12.5. The number of carbonyl (C=O) groups excluding carboxylic acids is 1. The molecule has 0 aliphatic heterocycles. The molecule has 0 saturated carbocycles. The van der Waals surface area contributed by atoms with E-state index in [1.165, 1.54) is 30.3 Å². The fourth-order valence-electron chi connectivity index (χ4n) is 2.58. The lowest BCUT2D eigenvalue weighted by molar-refractivity contribution is 0.104. The third kappa shape index (κ3) is 5.41. The second-order valence-electron chi connectivity index (χ2n) is 6.34. The molecule has 0 radical (unpaired) electrons. The molecule has 0 aromatic heterocycles. The molecule has 3 aromatic carbocycles. The minimum absolute atomic E-state index is 0.191. The molecule has 4 nitrogen and oxygen atoms in total. The van der Waals surface area contributed by atoms with Gasteiger partial charge in [0.2, 0.25) is 0 Å². The zero-order chi connectivity index (χ0) is 20.0. The van der Waals surface area contributed by atoms with Gasteiger partial charge in [0.1, 0.15) is 12.4 Å². The van der Waals surface area contributed by atoms with Crippen molar-refractivity contribution in [3.05, 3.63) is 102 Å². The lowest BCUT2D eigenvalue weighted by Gasteiger charge is -2.07. The van der Waals surface area contributed by atoms with Crippen LogP contribution in [-0.4, -0.2) is 20.5 Å². The molecule has 3 rings (SSSR count). The van der Waals surface area contributed by atoms with Gasteiger partial charge in [-0.2, -0.15) is 0 Å². The van der Waals surface area contributed by atoms with Crippen LogP contribution in [0.25, 0.3) is 6.08 Å². The normalized spacial score (nSPS) is 11.5. The monoisotopic (exact) mass is 392 g/mol. The smallest absolute Gasteiger partial charge is 0.185 e. The standard InChI is InChI=1S/C23H20O4S/c1-28(25,26)22-13-11-20(12-14-22)23(24)15-10-18-8-5-9-21(16-18)27-17-19-6-3-2-4-7-19/h2-16H,17H2,1H3/b15-10+. The zero-order valence-corrected chi connectivity index (χ0v) is 16.2. The van der Waals surface area contributed by atoms with Gasteiger partial charge in [0.25, 0.3) is 0 Å². The SMILES string of the molecule is CS(=O)(=O)c1ccc(C(=O)/C=C/c2cccc(OCc3ccccc3)c2)cc1. The van der Waals surface area contributed by atoms with Crippen LogP contribution in [0.5, 0.6) is 5.75 Å². The Hall–Kier alpha value is -3.18. The van der Waals surface area contributed by atoms with E-state index in [1.54, 1.807) is 6.08 Å². The lowest BCUT2D eigenvalue weighted by atomic mass is 10.1. The summed E-state index contributed by atoms with van der Waals surface area (Å²) in [6.07, 6.45) is 4.31. The first-order valence-corrected chi connectivity index (χ1v) is 10.6. The van der Waals surface area contributed by atoms with Gasteiger partial charge in [-0.15, -0.1) is 0 Å². The summed E-state index contributed by atoms with van der Waals surface area (Å²) in [5.74, 6) is 0.520. The van der Waals surface area contributed by atoms with E-state index in [4.69, 9.17) is 4.74 Å². The van der Waals surface area contributed by atoms with Crippen LogP contribution in [0.2, 0.25) is 0 Å². The van der Waals surface area contributed by atoms with Crippen LogP contribution in [0.3, 0.4) is 0 Å². The van der Waals surface area contributed by atoms with Crippen LogP contribution in [0.1, 0.15) is 21.5 Å². The Balaban J connectivity index is 1.66. The predicted octanol–water partition coefficient (Wildman–Crippen LogP) is 4.57. The highest BCUT2D eigenvalue weighted by Gasteiger charge is 2.08. The third-order valence-electron chi connectivity index (χ3n) is 4.10. The number of carbonyl (C=O) groups is 1. The van der Waals surface area contributed by atoms with Crippen molar-refractivity contribution in [1.29, 1.82) is 0 Å². The first-order chi connectivity index (χ1) is 13.4. The van der Waals surface area contributed by atoms with Crippen molar-refractivity contribution in [3.8, 4) is 5.75 Å². The van der Waals surface area contributed by atoms with Crippen molar-refractivity contribution in [1.82, 2.24) is 0 Å². The van der Waals surface area contributed by atoms with E-state index in [2.05, 4.69) is 0 Å². The second kappa shape index (κ2) is 8.67. The predicted molar refractivity (Wildman–Crippen MR) is 110 cm³/mol. The summed E-state index contributed by atoms with van der Waals surface area (Å²) in [6.45, 7) is 0.472. The van der Waals surface area contributed by atoms with Crippen LogP contribution in [0.15, 0.2) is 89.8 Å². The molecule has 3 aromatic rings. The number of hydrogen-bond donors (Lipinski definition) is 0. The van der Waals surface area contributed by atoms with Crippen molar-refractivity contribution >= 4 is 21.7 Å². The highest BCUT2D eigenvalue weighted by atomic mass is 32.2. The number of ketones is 1. The Morgan fingerprint density at radius 3 is 2.32 bits per heavy atom. The summed E-state index contributed by atoms with van der Waals surface area (Å²) < 4.78 is 28.8. The topological polar surface area (TPSA) is 60.4 Å². The van der Waals surface area contributed by atoms with Crippen molar-refractivity contribution < 1.29 is 17.9 Å². The van der Waals surface area contributed by atoms with Crippen molar-refractivity contribution in [2.45, 2.75) is 11.5 Å². The molecule has 142 valence electrons. The molecule has 0 fully saturated rings. The molecule has 0 spiro atoms. The minimum atomic E-state index is -3.27. The molecule has 0 unspecified atom stereocenters. The van der Waals surface area contributed by atoms with Crippen molar-refractivity contribution in [3.63, 3.8) is 0 Å². The van der Waals surface area contributed by atoms with Crippen LogP contribution in [0.4, 0.5) is 0 Å². The molecule has 0 amide bonds. The largest absolute Gasteiger partial charge is 0.489 e. The maximum Gasteiger partial charge on any atom is 0.185 e. The van der Waals surface area contributed by atoms with Crippen LogP contribution >= 0.6 is 0 Å². The molecule has 28 heavy (non-hydrogen) atoms. The number of hydrogen-bond acceptors (Lipinski definition) is 4. The van der Waals surface area contributed by atoms with Gasteiger partial charge in [-0.1, -0.05) is 48.5 Å². The van der Waals surface area contributed by atoms with Gasteiger partial charge in [-0.25, -0.2) is 8.42 Å². The molecule has 0 N–H and O–H groups in total. The van der Waals surface area contributed by atoms with E-state index >= 15 is 0 Å². The fraction of sp³-hybridized carbons (Fsp3) is 0.0870. The van der Waals surface area contributed by atoms with E-state index in [-0.39, 0.29) is 10.7 Å². The van der Waals surface area contributed by atoms with Crippen LogP contribution in [-0.2, 0) is 16.4 Å². The van der Waals surface area contributed by atoms with Crippen LogP contribution < -0.4 is 4.74 Å². The Bertz CT molecular complexity index is 1080. The number of allylic oxidation sites excluding steroid dienone is 1. The summed E-state index contributed by atoms with van der Waals surface area (Å²) in [5, 5.41) is 0. The minimum Gasteiger partial charge on any atom is -0.489 e. The lowest BCUT2D eigenvalue weighted by Crippen LogP contribution is -1.99. The van der Waals surface area contributed by atoms with E-state index in [0.717, 1.165) is 23.1 Å². The molecule has 5 heteroatoms. The molecule has 0 bridgehead atoms. The fourth-order valence-corrected chi connectivity index (χ4v) is 3.21. The summed E-state index contributed by atoms with van der Waals surface area (Å²) in [6, 6.07) is 23.3. The third-order valence-corrected chi connectivity index (χ3v) is 5.23. The molecular weight excluding hydrogens is 372 g/mol. The van der Waals surface area contributed by atoms with Crippen molar-refractivity contribution in [2.24, 2.45) is 0 Å². The number of rotatable bonds is 7. The first-order valence-electron chi connectivity index (χ1n) is 8.71. The Labute approximate surface area is 165 Å². The average Bonchev–Trinajstić information content (AvgIpc) is 2.71. The molecular formula is C23H20O4S. The van der Waals surface area contributed by atoms with Gasteiger partial charge in [0.15, 0.2) is 15.6 Å². The molecule has 0 atom stereocenters. The molecule has 0 aliphatic carbocycles. The number of ether oxygens (including phenoxy) is 1. The van der Waals surface area contributed by atoms with Gasteiger partial charge in [0.05, 0.1) is 4.90 Å². The van der Waals surface area contributed by atoms with Gasteiger partial charge in [0, 0.05) is 11.8 Å². The average molecular weight is 392 g/mol. The summed E-state index contributed by atoms with van der Waals surface area (Å²) in [7, 11) is -3.27. The molecule has 0 aliphatic rings. The maximum atomic E-state index is 12.3. The van der Waals surface area contributed by atoms with Crippen molar-refractivity contribution in [2.75, 3.05) is 6.26 Å².